The molecule has 1 N–H and O–H groups in total. The van der Waals surface area contributed by atoms with Gasteiger partial charge in [-0.3, -0.25) is 14.6 Å². The van der Waals surface area contributed by atoms with E-state index >= 15 is 0 Å². The van der Waals surface area contributed by atoms with E-state index in [0.717, 1.165) is 45.8 Å². The summed E-state index contributed by atoms with van der Waals surface area (Å²) in [6, 6.07) is 2.20. The first kappa shape index (κ1) is 17.9. The molecule has 1 atom stereocenters. The molecule has 0 saturated carbocycles. The molecule has 0 unspecified atom stereocenters. The summed E-state index contributed by atoms with van der Waals surface area (Å²) in [5, 5.41) is 6.56. The number of hydrogen-bond donors (Lipinski definition) is 1. The van der Waals surface area contributed by atoms with Crippen LogP contribution < -0.4 is 5.32 Å². The molecule has 1 saturated heterocycles. The Balaban J connectivity index is 1.77. The monoisotopic (exact) mass is 324 g/mol. The summed E-state index contributed by atoms with van der Waals surface area (Å²) in [4.78, 5) is 16.8. The first-order valence-corrected chi connectivity index (χ1v) is 8.39. The highest BCUT2D eigenvalue weighted by atomic mass is 16.5. The van der Waals surface area contributed by atoms with Crippen LogP contribution in [0.15, 0.2) is 10.6 Å². The van der Waals surface area contributed by atoms with Crippen LogP contribution in [0.25, 0.3) is 0 Å². The van der Waals surface area contributed by atoms with Gasteiger partial charge in [0.25, 0.3) is 0 Å². The van der Waals surface area contributed by atoms with Gasteiger partial charge in [-0.15, -0.1) is 0 Å². The maximum absolute atomic E-state index is 12.1. The molecule has 7 nitrogen and oxygen atoms in total. The third kappa shape index (κ3) is 5.60. The lowest BCUT2D eigenvalue weighted by atomic mass is 10.1. The molecule has 23 heavy (non-hydrogen) atoms. The van der Waals surface area contributed by atoms with Gasteiger partial charge in [-0.05, 0) is 20.3 Å². The van der Waals surface area contributed by atoms with Gasteiger partial charge in [0, 0.05) is 44.9 Å². The molecule has 7 heteroatoms. The minimum Gasteiger partial charge on any atom is -0.380 e. The number of hydrogen-bond acceptors (Lipinski definition) is 6. The number of aryl methyl sites for hydroxylation is 1. The normalized spacial score (nSPS) is 19.9. The predicted molar refractivity (Wildman–Crippen MR) is 88.5 cm³/mol. The van der Waals surface area contributed by atoms with Gasteiger partial charge in [0.1, 0.15) is 5.76 Å². The minimum atomic E-state index is -0.0454. The average Bonchev–Trinajstić information content (AvgIpc) is 2.93. The van der Waals surface area contributed by atoms with Crippen LogP contribution in [0.1, 0.15) is 26.0 Å². The highest BCUT2D eigenvalue weighted by Gasteiger charge is 2.26. The number of carbonyl (C=O) groups is 1. The third-order valence-corrected chi connectivity index (χ3v) is 4.15. The number of nitrogens with zero attached hydrogens (tertiary/aromatic N) is 3. The number of aromatic nitrogens is 1. The number of piperazine rings is 1. The lowest BCUT2D eigenvalue weighted by Crippen LogP contribution is -2.54. The Labute approximate surface area is 137 Å². The minimum absolute atomic E-state index is 0.0454. The van der Waals surface area contributed by atoms with Gasteiger partial charge in [0.15, 0.2) is 5.82 Å². The number of ether oxygens (including phenoxy) is 1. The fourth-order valence-electron chi connectivity index (χ4n) is 2.92. The average molecular weight is 324 g/mol. The molecule has 1 aliphatic rings. The van der Waals surface area contributed by atoms with Crippen molar-refractivity contribution < 1.29 is 14.1 Å². The molecule has 0 spiro atoms. The zero-order chi connectivity index (χ0) is 16.7. The molecule has 0 bridgehead atoms. The molecule has 1 fully saturated rings. The standard InChI is InChI=1S/C16H28N4O3/c1-4-14-11-19(6-7-20(14)8-9-22-5-2)12-16(21)17-15-10-13(3)23-18-15/h10,14H,4-9,11-12H2,1-3H3,(H,17,18,21)/t14-/m1/s1. The number of nitrogens with one attached hydrogen (secondary N) is 1. The summed E-state index contributed by atoms with van der Waals surface area (Å²) < 4.78 is 10.4. The van der Waals surface area contributed by atoms with E-state index in [1.807, 2.05) is 6.92 Å². The fourth-order valence-corrected chi connectivity index (χ4v) is 2.92. The van der Waals surface area contributed by atoms with Crippen molar-refractivity contribution in [2.45, 2.75) is 33.2 Å². The number of rotatable bonds is 8. The van der Waals surface area contributed by atoms with E-state index < -0.39 is 0 Å². The van der Waals surface area contributed by atoms with E-state index in [2.05, 4.69) is 27.2 Å². The molecule has 1 aliphatic heterocycles. The summed E-state index contributed by atoms with van der Waals surface area (Å²) in [6.07, 6.45) is 1.08. The second-order valence-corrected chi connectivity index (χ2v) is 5.90. The maximum Gasteiger partial charge on any atom is 0.239 e. The van der Waals surface area contributed by atoms with Crippen LogP contribution in [0.4, 0.5) is 5.82 Å². The first-order valence-electron chi connectivity index (χ1n) is 8.39. The van der Waals surface area contributed by atoms with E-state index in [4.69, 9.17) is 9.26 Å². The van der Waals surface area contributed by atoms with E-state index in [9.17, 15) is 4.79 Å². The molecular formula is C16H28N4O3. The highest BCUT2D eigenvalue weighted by molar-refractivity contribution is 5.91. The van der Waals surface area contributed by atoms with Crippen molar-refractivity contribution in [1.29, 1.82) is 0 Å². The van der Waals surface area contributed by atoms with Crippen molar-refractivity contribution in [3.63, 3.8) is 0 Å². The molecule has 2 heterocycles. The molecule has 130 valence electrons. The number of carbonyl (C=O) groups excluding carboxylic acids is 1. The largest absolute Gasteiger partial charge is 0.380 e. The van der Waals surface area contributed by atoms with Crippen LogP contribution >= 0.6 is 0 Å². The Morgan fingerprint density at radius 1 is 1.48 bits per heavy atom. The van der Waals surface area contributed by atoms with Crippen LogP contribution in [-0.2, 0) is 9.53 Å². The summed E-state index contributed by atoms with van der Waals surface area (Å²) in [5.41, 5.74) is 0. The summed E-state index contributed by atoms with van der Waals surface area (Å²) in [6.45, 7) is 11.7. The Hall–Kier alpha value is -1.44. The lowest BCUT2D eigenvalue weighted by molar-refractivity contribution is -0.118. The van der Waals surface area contributed by atoms with E-state index in [-0.39, 0.29) is 5.91 Å². The Morgan fingerprint density at radius 2 is 2.30 bits per heavy atom. The smallest absolute Gasteiger partial charge is 0.239 e. The van der Waals surface area contributed by atoms with Crippen LogP contribution in [0.2, 0.25) is 0 Å². The van der Waals surface area contributed by atoms with Gasteiger partial charge < -0.3 is 14.6 Å². The molecule has 1 aromatic rings. The second-order valence-electron chi connectivity index (χ2n) is 5.90. The molecule has 1 amide bonds. The topological polar surface area (TPSA) is 70.8 Å². The number of amides is 1. The van der Waals surface area contributed by atoms with Crippen molar-refractivity contribution in [3.8, 4) is 0 Å². The van der Waals surface area contributed by atoms with Gasteiger partial charge in [-0.2, -0.15) is 0 Å². The van der Waals surface area contributed by atoms with E-state index in [0.29, 0.717) is 24.2 Å². The Morgan fingerprint density at radius 3 is 2.96 bits per heavy atom. The third-order valence-electron chi connectivity index (χ3n) is 4.15. The molecule has 0 radical (unpaired) electrons. The van der Waals surface area contributed by atoms with Crippen LogP contribution in [0, 0.1) is 6.92 Å². The van der Waals surface area contributed by atoms with E-state index in [1.165, 1.54) is 0 Å². The summed E-state index contributed by atoms with van der Waals surface area (Å²) in [5.74, 6) is 1.13. The second kappa shape index (κ2) is 9.00. The van der Waals surface area contributed by atoms with Crippen molar-refractivity contribution in [3.05, 3.63) is 11.8 Å². The van der Waals surface area contributed by atoms with Gasteiger partial charge in [-0.25, -0.2) is 0 Å². The molecule has 1 aromatic heterocycles. The first-order chi connectivity index (χ1) is 11.1. The van der Waals surface area contributed by atoms with Crippen LogP contribution in [0.5, 0.6) is 0 Å². The van der Waals surface area contributed by atoms with Gasteiger partial charge in [0.05, 0.1) is 13.2 Å². The maximum atomic E-state index is 12.1. The molecule has 2 rings (SSSR count). The quantitative estimate of drug-likeness (QED) is 0.728. The van der Waals surface area contributed by atoms with Gasteiger partial charge in [-0.1, -0.05) is 12.1 Å². The van der Waals surface area contributed by atoms with Crippen LogP contribution in [0.3, 0.4) is 0 Å². The summed E-state index contributed by atoms with van der Waals surface area (Å²) >= 11 is 0. The van der Waals surface area contributed by atoms with Crippen molar-refractivity contribution >= 4 is 11.7 Å². The van der Waals surface area contributed by atoms with E-state index in [1.54, 1.807) is 13.0 Å². The van der Waals surface area contributed by atoms with Gasteiger partial charge >= 0.3 is 0 Å². The Kier molecular flexibility index (Phi) is 7.01. The SMILES string of the molecule is CCOCCN1CCN(CC(=O)Nc2cc(C)on2)C[C@H]1CC. The zero-order valence-corrected chi connectivity index (χ0v) is 14.4. The Bertz CT molecular complexity index is 491. The molecular weight excluding hydrogens is 296 g/mol. The highest BCUT2D eigenvalue weighted by Crippen LogP contribution is 2.13. The zero-order valence-electron chi connectivity index (χ0n) is 14.4. The lowest BCUT2D eigenvalue weighted by Gasteiger charge is -2.40. The number of anilines is 1. The van der Waals surface area contributed by atoms with Crippen molar-refractivity contribution in [2.75, 3.05) is 51.3 Å². The molecule has 0 aliphatic carbocycles. The van der Waals surface area contributed by atoms with Gasteiger partial charge in [0.2, 0.25) is 5.91 Å². The van der Waals surface area contributed by atoms with Crippen LogP contribution in [-0.4, -0.2) is 72.8 Å². The predicted octanol–water partition coefficient (Wildman–Crippen LogP) is 1.35. The van der Waals surface area contributed by atoms with Crippen molar-refractivity contribution in [2.24, 2.45) is 0 Å². The van der Waals surface area contributed by atoms with Crippen molar-refractivity contribution in [1.82, 2.24) is 15.0 Å². The fraction of sp³-hybridized carbons (Fsp3) is 0.750. The summed E-state index contributed by atoms with van der Waals surface area (Å²) in [7, 11) is 0. The molecule has 0 aromatic carbocycles.